The molecule has 0 saturated heterocycles. The second-order valence-electron chi connectivity index (χ2n) is 3.90. The van der Waals surface area contributed by atoms with Gasteiger partial charge < -0.3 is 5.11 Å². The number of hydrogen-bond acceptors (Lipinski definition) is 5. The number of nitro benzene ring substituents is 1. The fourth-order valence-corrected chi connectivity index (χ4v) is 1.81. The zero-order chi connectivity index (χ0) is 14.7. The molecule has 0 aliphatic carbocycles. The molecule has 0 saturated carbocycles. The molecular weight excluding hydrogens is 266 g/mol. The Labute approximate surface area is 112 Å². The highest BCUT2D eigenvalue weighted by Gasteiger charge is 2.23. The molecule has 0 amide bonds. The van der Waals surface area contributed by atoms with Crippen molar-refractivity contribution in [3.8, 4) is 0 Å². The summed E-state index contributed by atoms with van der Waals surface area (Å²) in [5.41, 5.74) is -1.32. The predicted octanol–water partition coefficient (Wildman–Crippen LogP) is 0.898. The van der Waals surface area contributed by atoms with E-state index in [9.17, 15) is 19.7 Å². The molecule has 0 aliphatic rings. The lowest BCUT2D eigenvalue weighted by Gasteiger charge is -2.08. The number of aromatic nitrogens is 2. The zero-order valence-electron chi connectivity index (χ0n) is 10.1. The molecule has 1 aromatic carbocycles. The van der Waals surface area contributed by atoms with Crippen molar-refractivity contribution in [2.24, 2.45) is 0 Å². The van der Waals surface area contributed by atoms with Gasteiger partial charge in [0, 0.05) is 18.5 Å². The highest BCUT2D eigenvalue weighted by atomic mass is 16.6. The number of nitro groups is 1. The minimum absolute atomic E-state index is 0.101. The van der Waals surface area contributed by atoms with Gasteiger partial charge in [-0.05, 0) is 11.6 Å². The van der Waals surface area contributed by atoms with Gasteiger partial charge in [0.15, 0.2) is 0 Å². The minimum atomic E-state index is -1.41. The molecule has 1 aromatic heterocycles. The molecule has 102 valence electrons. The van der Waals surface area contributed by atoms with Gasteiger partial charge in [-0.2, -0.15) is 0 Å². The molecule has 0 fully saturated rings. The van der Waals surface area contributed by atoms with E-state index in [1.807, 2.05) is 0 Å². The van der Waals surface area contributed by atoms with Crippen LogP contribution in [-0.4, -0.2) is 25.6 Å². The number of nitrogens with zero attached hydrogens (tertiary/aromatic N) is 3. The first-order valence-corrected chi connectivity index (χ1v) is 5.51. The van der Waals surface area contributed by atoms with Crippen molar-refractivity contribution < 1.29 is 14.8 Å². The second kappa shape index (κ2) is 5.31. The van der Waals surface area contributed by atoms with Gasteiger partial charge in [-0.25, -0.2) is 14.6 Å². The topological polar surface area (TPSA) is 115 Å². The molecule has 0 atom stereocenters. The van der Waals surface area contributed by atoms with Crippen molar-refractivity contribution in [1.82, 2.24) is 9.55 Å². The van der Waals surface area contributed by atoms with Gasteiger partial charge in [0.2, 0.25) is 0 Å². The first-order chi connectivity index (χ1) is 9.50. The van der Waals surface area contributed by atoms with Gasteiger partial charge in [-0.1, -0.05) is 12.1 Å². The summed E-state index contributed by atoms with van der Waals surface area (Å²) < 4.78 is 1.17. The summed E-state index contributed by atoms with van der Waals surface area (Å²) in [5.74, 6) is -1.41. The third kappa shape index (κ3) is 2.53. The van der Waals surface area contributed by atoms with Gasteiger partial charge >= 0.3 is 11.7 Å². The van der Waals surface area contributed by atoms with Crippen LogP contribution in [0, 0.1) is 10.1 Å². The highest BCUT2D eigenvalue weighted by molar-refractivity contribution is 5.94. The van der Waals surface area contributed by atoms with Gasteiger partial charge in [0.05, 0.1) is 11.5 Å². The van der Waals surface area contributed by atoms with Crippen LogP contribution < -0.4 is 5.69 Å². The maximum absolute atomic E-state index is 11.5. The molecule has 0 radical (unpaired) electrons. The first kappa shape index (κ1) is 13.4. The summed E-state index contributed by atoms with van der Waals surface area (Å²) in [5, 5.41) is 20.0. The smallest absolute Gasteiger partial charge is 0.347 e. The SMILES string of the molecule is O=C(O)c1c(Cn2cccnc2=O)cccc1[N+](=O)[O-]. The summed E-state index contributed by atoms with van der Waals surface area (Å²) in [6, 6.07) is 5.43. The van der Waals surface area contributed by atoms with Crippen LogP contribution in [0.5, 0.6) is 0 Å². The Kier molecular flexibility index (Phi) is 3.56. The summed E-state index contributed by atoms with van der Waals surface area (Å²) in [6.45, 7) is -0.101. The lowest BCUT2D eigenvalue weighted by molar-refractivity contribution is -0.385. The van der Waals surface area contributed by atoms with Gasteiger partial charge in [0.25, 0.3) is 5.69 Å². The van der Waals surface area contributed by atoms with Crippen LogP contribution >= 0.6 is 0 Å². The second-order valence-corrected chi connectivity index (χ2v) is 3.90. The molecule has 0 spiro atoms. The number of carbonyl (C=O) groups is 1. The molecular formula is C12H9N3O5. The molecule has 2 aromatic rings. The van der Waals surface area contributed by atoms with Crippen LogP contribution in [0.3, 0.4) is 0 Å². The Morgan fingerprint density at radius 1 is 1.40 bits per heavy atom. The molecule has 1 N–H and O–H groups in total. The predicted molar refractivity (Wildman–Crippen MR) is 67.7 cm³/mol. The molecule has 2 rings (SSSR count). The third-order valence-corrected chi connectivity index (χ3v) is 2.66. The average molecular weight is 275 g/mol. The number of hydrogen-bond donors (Lipinski definition) is 1. The van der Waals surface area contributed by atoms with E-state index in [1.54, 1.807) is 0 Å². The van der Waals surface area contributed by atoms with Crippen molar-refractivity contribution in [1.29, 1.82) is 0 Å². The Morgan fingerprint density at radius 2 is 2.15 bits per heavy atom. The van der Waals surface area contributed by atoms with Crippen LogP contribution in [-0.2, 0) is 6.54 Å². The van der Waals surface area contributed by atoms with Gasteiger partial charge in [-0.15, -0.1) is 0 Å². The third-order valence-electron chi connectivity index (χ3n) is 2.66. The summed E-state index contributed by atoms with van der Waals surface area (Å²) >= 11 is 0. The van der Waals surface area contributed by atoms with Crippen molar-refractivity contribution in [2.75, 3.05) is 0 Å². The Bertz CT molecular complexity index is 738. The van der Waals surface area contributed by atoms with Crippen LogP contribution in [0.1, 0.15) is 15.9 Å². The molecule has 0 unspecified atom stereocenters. The molecule has 0 aliphatic heterocycles. The fraction of sp³-hybridized carbons (Fsp3) is 0.0833. The van der Waals surface area contributed by atoms with Crippen molar-refractivity contribution in [3.05, 3.63) is 68.4 Å². The highest BCUT2D eigenvalue weighted by Crippen LogP contribution is 2.22. The largest absolute Gasteiger partial charge is 0.477 e. The number of carboxylic acids is 1. The van der Waals surface area contributed by atoms with E-state index >= 15 is 0 Å². The Hall–Kier alpha value is -3.03. The van der Waals surface area contributed by atoms with Gasteiger partial charge in [-0.3, -0.25) is 14.7 Å². The van der Waals surface area contributed by atoms with Crippen molar-refractivity contribution in [2.45, 2.75) is 6.54 Å². The van der Waals surface area contributed by atoms with Crippen molar-refractivity contribution >= 4 is 11.7 Å². The van der Waals surface area contributed by atoms with Crippen LogP contribution in [0.15, 0.2) is 41.5 Å². The van der Waals surface area contributed by atoms with E-state index in [1.165, 1.54) is 35.2 Å². The summed E-state index contributed by atoms with van der Waals surface area (Å²) in [4.78, 5) is 36.3. The van der Waals surface area contributed by atoms with E-state index in [4.69, 9.17) is 5.11 Å². The van der Waals surface area contributed by atoms with E-state index in [0.717, 1.165) is 6.07 Å². The number of aromatic carboxylic acids is 1. The number of benzene rings is 1. The maximum Gasteiger partial charge on any atom is 0.347 e. The quantitative estimate of drug-likeness (QED) is 0.654. The van der Waals surface area contributed by atoms with Gasteiger partial charge in [0.1, 0.15) is 5.56 Å². The van der Waals surface area contributed by atoms with Crippen molar-refractivity contribution in [3.63, 3.8) is 0 Å². The Balaban J connectivity index is 2.55. The van der Waals surface area contributed by atoms with E-state index in [-0.39, 0.29) is 12.1 Å². The van der Waals surface area contributed by atoms with E-state index in [2.05, 4.69) is 4.98 Å². The fourth-order valence-electron chi connectivity index (χ4n) is 1.81. The summed E-state index contributed by atoms with van der Waals surface area (Å²) in [7, 11) is 0. The normalized spacial score (nSPS) is 10.2. The van der Waals surface area contributed by atoms with Crippen LogP contribution in [0.25, 0.3) is 0 Å². The van der Waals surface area contributed by atoms with Crippen LogP contribution in [0.4, 0.5) is 5.69 Å². The molecule has 8 nitrogen and oxygen atoms in total. The zero-order valence-corrected chi connectivity index (χ0v) is 10.1. The maximum atomic E-state index is 11.5. The lowest BCUT2D eigenvalue weighted by Crippen LogP contribution is -2.23. The van der Waals surface area contributed by atoms with E-state index in [0.29, 0.717) is 0 Å². The minimum Gasteiger partial charge on any atom is -0.477 e. The summed E-state index contributed by atoms with van der Waals surface area (Å²) in [6.07, 6.45) is 2.74. The number of carboxylic acid groups (broad SMARTS) is 1. The molecule has 20 heavy (non-hydrogen) atoms. The molecule has 1 heterocycles. The van der Waals surface area contributed by atoms with Crippen LogP contribution in [0.2, 0.25) is 0 Å². The first-order valence-electron chi connectivity index (χ1n) is 5.51. The number of rotatable bonds is 4. The standard InChI is InChI=1S/C12H9N3O5/c16-11(17)10-8(3-1-4-9(10)15(19)20)7-14-6-2-5-13-12(14)18/h1-6H,7H2,(H,16,17). The van der Waals surface area contributed by atoms with E-state index < -0.39 is 27.8 Å². The molecule has 8 heteroatoms. The molecule has 0 bridgehead atoms. The lowest BCUT2D eigenvalue weighted by atomic mass is 10.1. The average Bonchev–Trinajstić information content (AvgIpc) is 2.40. The monoisotopic (exact) mass is 275 g/mol. The Morgan fingerprint density at radius 3 is 2.75 bits per heavy atom.